The van der Waals surface area contributed by atoms with Gasteiger partial charge in [-0.2, -0.15) is 0 Å². The first-order valence-corrected chi connectivity index (χ1v) is 14.8. The number of benzene rings is 1. The molecule has 0 atom stereocenters. The lowest BCUT2D eigenvalue weighted by Gasteiger charge is -2.06. The van der Waals surface area contributed by atoms with Crippen molar-refractivity contribution in [2.75, 3.05) is 6.61 Å². The number of aliphatic hydroxyl groups is 1. The molecular formula is C32H52ClN3O. The van der Waals surface area contributed by atoms with Gasteiger partial charge in [0.05, 0.1) is 12.1 Å². The number of aliphatic hydroxyl groups excluding tert-OH is 1. The number of para-hydroxylation sites is 1. The largest absolute Gasteiger partial charge is 0.395 e. The van der Waals surface area contributed by atoms with Crippen LogP contribution in [0.25, 0.3) is 10.9 Å². The Morgan fingerprint density at radius 1 is 0.649 bits per heavy atom. The van der Waals surface area contributed by atoms with Gasteiger partial charge in [0.25, 0.3) is 0 Å². The molecule has 0 saturated heterocycles. The van der Waals surface area contributed by atoms with E-state index >= 15 is 0 Å². The van der Waals surface area contributed by atoms with Gasteiger partial charge in [-0.1, -0.05) is 128 Å². The molecule has 4 nitrogen and oxygen atoms in total. The molecule has 208 valence electrons. The first kappa shape index (κ1) is 33.1. The van der Waals surface area contributed by atoms with Crippen molar-refractivity contribution in [2.24, 2.45) is 0 Å². The third-order valence-electron chi connectivity index (χ3n) is 6.91. The predicted molar refractivity (Wildman–Crippen MR) is 162 cm³/mol. The third kappa shape index (κ3) is 15.8. The topological polar surface area (TPSA) is 50.9 Å². The zero-order valence-corrected chi connectivity index (χ0v) is 24.1. The number of nitrogens with zero attached hydrogens (tertiary/aromatic N) is 3. The zero-order valence-electron chi connectivity index (χ0n) is 23.3. The van der Waals surface area contributed by atoms with E-state index in [-0.39, 0.29) is 19.0 Å². The first-order chi connectivity index (χ1) is 17.8. The molecule has 1 aromatic carbocycles. The Kier molecular flexibility index (Phi) is 20.8. The van der Waals surface area contributed by atoms with Crippen molar-refractivity contribution in [1.29, 1.82) is 0 Å². The molecule has 0 aliphatic carbocycles. The first-order valence-electron chi connectivity index (χ1n) is 14.8. The lowest BCUT2D eigenvalue weighted by atomic mass is 10.0. The third-order valence-corrected chi connectivity index (χ3v) is 6.91. The maximum absolute atomic E-state index is 9.03. The van der Waals surface area contributed by atoms with Gasteiger partial charge >= 0.3 is 0 Å². The molecule has 0 amide bonds. The summed E-state index contributed by atoms with van der Waals surface area (Å²) in [5, 5.41) is 10.2. The standard InChI is InChI=1S/C23H44N2O.C9H7N.ClH/c1-2-3-4-5-6-7-8-9-10-11-12-13-14-15-16-17-18-23-24-19-20-25(23)21-22-26;1-2-6-9-8(4-1)5-3-7-10-9;/h19-20,26H,2-18,21-22H2,1H3;1-7H;1H. The van der Waals surface area contributed by atoms with Crippen molar-refractivity contribution in [3.8, 4) is 0 Å². The second-order valence-corrected chi connectivity index (χ2v) is 10.0. The van der Waals surface area contributed by atoms with Gasteiger partial charge in [0.15, 0.2) is 0 Å². The van der Waals surface area contributed by atoms with Crippen LogP contribution >= 0.6 is 12.4 Å². The Balaban J connectivity index is 0.000000513. The number of aromatic nitrogens is 3. The van der Waals surface area contributed by atoms with Crippen molar-refractivity contribution in [2.45, 2.75) is 123 Å². The normalized spacial score (nSPS) is 10.6. The van der Waals surface area contributed by atoms with Crippen LogP contribution in [0.2, 0.25) is 0 Å². The van der Waals surface area contributed by atoms with E-state index in [0.717, 1.165) is 17.8 Å². The molecule has 3 rings (SSSR count). The summed E-state index contributed by atoms with van der Waals surface area (Å²) in [4.78, 5) is 8.58. The summed E-state index contributed by atoms with van der Waals surface area (Å²) < 4.78 is 2.07. The summed E-state index contributed by atoms with van der Waals surface area (Å²) >= 11 is 0. The number of halogens is 1. The Hall–Kier alpha value is -1.91. The Morgan fingerprint density at radius 3 is 1.76 bits per heavy atom. The fourth-order valence-corrected chi connectivity index (χ4v) is 4.73. The van der Waals surface area contributed by atoms with E-state index in [0.29, 0.717) is 6.54 Å². The van der Waals surface area contributed by atoms with E-state index in [2.05, 4.69) is 33.6 Å². The molecule has 0 aliphatic heterocycles. The SMILES string of the molecule is CCCCCCCCCCCCCCCCCCc1nccn1CCO.Cl.c1ccc2ncccc2c1. The maximum atomic E-state index is 9.03. The Bertz CT molecular complexity index is 833. The minimum atomic E-state index is 0. The molecule has 2 aromatic heterocycles. The van der Waals surface area contributed by atoms with Crippen LogP contribution < -0.4 is 0 Å². The number of rotatable bonds is 19. The van der Waals surface area contributed by atoms with Gasteiger partial charge in [-0.25, -0.2) is 4.98 Å². The van der Waals surface area contributed by atoms with Gasteiger partial charge in [-0.05, 0) is 18.6 Å². The summed E-state index contributed by atoms with van der Waals surface area (Å²) in [6.07, 6.45) is 29.2. The highest BCUT2D eigenvalue weighted by Gasteiger charge is 2.02. The van der Waals surface area contributed by atoms with Crippen molar-refractivity contribution in [1.82, 2.24) is 14.5 Å². The number of hydrogen-bond acceptors (Lipinski definition) is 3. The summed E-state index contributed by atoms with van der Waals surface area (Å²) in [6.45, 7) is 3.16. The smallest absolute Gasteiger partial charge is 0.108 e. The molecule has 0 radical (unpaired) electrons. The van der Waals surface area contributed by atoms with Gasteiger partial charge in [0.1, 0.15) is 5.82 Å². The van der Waals surface area contributed by atoms with Gasteiger partial charge < -0.3 is 9.67 Å². The summed E-state index contributed by atoms with van der Waals surface area (Å²) in [7, 11) is 0. The number of fused-ring (bicyclic) bond motifs is 1. The van der Waals surface area contributed by atoms with Crippen LogP contribution in [0.15, 0.2) is 55.0 Å². The van der Waals surface area contributed by atoms with Gasteiger partial charge in [-0.15, -0.1) is 12.4 Å². The molecule has 0 aliphatic rings. The molecule has 0 bridgehead atoms. The van der Waals surface area contributed by atoms with E-state index in [4.69, 9.17) is 5.11 Å². The van der Waals surface area contributed by atoms with Crippen molar-refractivity contribution in [3.63, 3.8) is 0 Å². The lowest BCUT2D eigenvalue weighted by Crippen LogP contribution is -2.06. The quantitative estimate of drug-likeness (QED) is 0.157. The number of imidazole rings is 1. The molecule has 3 aromatic rings. The van der Waals surface area contributed by atoms with E-state index in [1.54, 1.807) is 0 Å². The highest BCUT2D eigenvalue weighted by atomic mass is 35.5. The second kappa shape index (κ2) is 23.2. The van der Waals surface area contributed by atoms with E-state index in [9.17, 15) is 0 Å². The highest BCUT2D eigenvalue weighted by molar-refractivity contribution is 5.85. The summed E-state index contributed by atoms with van der Waals surface area (Å²) in [5.41, 5.74) is 1.06. The number of hydrogen-bond donors (Lipinski definition) is 1. The monoisotopic (exact) mass is 529 g/mol. The van der Waals surface area contributed by atoms with Crippen molar-refractivity contribution >= 4 is 23.3 Å². The lowest BCUT2D eigenvalue weighted by molar-refractivity contribution is 0.274. The molecule has 1 N–H and O–H groups in total. The van der Waals surface area contributed by atoms with Gasteiger partial charge in [-0.3, -0.25) is 4.98 Å². The molecule has 2 heterocycles. The number of aryl methyl sites for hydroxylation is 1. The molecule has 0 fully saturated rings. The Morgan fingerprint density at radius 2 is 1.19 bits per heavy atom. The van der Waals surface area contributed by atoms with E-state index < -0.39 is 0 Å². The van der Waals surface area contributed by atoms with E-state index in [1.807, 2.05) is 42.9 Å². The van der Waals surface area contributed by atoms with Crippen LogP contribution in [0, 0.1) is 0 Å². The van der Waals surface area contributed by atoms with Crippen LogP contribution in [0.3, 0.4) is 0 Å². The highest BCUT2D eigenvalue weighted by Crippen LogP contribution is 2.14. The fraction of sp³-hybridized carbons (Fsp3) is 0.625. The average molecular weight is 530 g/mol. The van der Waals surface area contributed by atoms with Gasteiger partial charge in [0, 0.05) is 36.9 Å². The average Bonchev–Trinajstić information content (AvgIpc) is 3.36. The maximum Gasteiger partial charge on any atom is 0.108 e. The van der Waals surface area contributed by atoms with Crippen molar-refractivity contribution < 1.29 is 5.11 Å². The molecule has 0 saturated carbocycles. The van der Waals surface area contributed by atoms with E-state index in [1.165, 1.54) is 108 Å². The van der Waals surface area contributed by atoms with Crippen LogP contribution in [-0.2, 0) is 13.0 Å². The molecule has 0 spiro atoms. The van der Waals surface area contributed by atoms with Crippen LogP contribution in [0.4, 0.5) is 0 Å². The van der Waals surface area contributed by atoms with Crippen LogP contribution in [0.1, 0.15) is 115 Å². The zero-order chi connectivity index (χ0) is 25.5. The fourth-order valence-electron chi connectivity index (χ4n) is 4.73. The number of pyridine rings is 1. The van der Waals surface area contributed by atoms with Crippen LogP contribution in [-0.4, -0.2) is 26.2 Å². The second-order valence-electron chi connectivity index (χ2n) is 10.0. The van der Waals surface area contributed by atoms with Gasteiger partial charge in [0.2, 0.25) is 0 Å². The minimum absolute atomic E-state index is 0. The molecule has 37 heavy (non-hydrogen) atoms. The molecule has 0 unspecified atom stereocenters. The van der Waals surface area contributed by atoms with Crippen molar-refractivity contribution in [3.05, 3.63) is 60.8 Å². The molecule has 5 heteroatoms. The molecular weight excluding hydrogens is 478 g/mol. The Labute approximate surface area is 232 Å². The number of unbranched alkanes of at least 4 members (excludes halogenated alkanes) is 15. The minimum Gasteiger partial charge on any atom is -0.395 e. The summed E-state index contributed by atoms with van der Waals surface area (Å²) in [6, 6.07) is 12.1. The summed E-state index contributed by atoms with van der Waals surface area (Å²) in [5.74, 6) is 1.13. The van der Waals surface area contributed by atoms with Crippen LogP contribution in [0.5, 0.6) is 0 Å². The predicted octanol–water partition coefficient (Wildman–Crippen LogP) is 9.34.